The van der Waals surface area contributed by atoms with Crippen LogP contribution in [0.2, 0.25) is 0 Å². The monoisotopic (exact) mass is 257 g/mol. The van der Waals surface area contributed by atoms with E-state index in [-0.39, 0.29) is 12.3 Å². The van der Waals surface area contributed by atoms with Gasteiger partial charge in [0.1, 0.15) is 0 Å². The van der Waals surface area contributed by atoms with E-state index in [1.807, 2.05) is 30.3 Å². The molecule has 1 amide bonds. The molecule has 0 fully saturated rings. The van der Waals surface area contributed by atoms with Gasteiger partial charge in [-0.1, -0.05) is 30.3 Å². The molecule has 1 heterocycles. The van der Waals surface area contributed by atoms with Crippen LogP contribution < -0.4 is 11.2 Å². The Morgan fingerprint density at radius 3 is 2.68 bits per heavy atom. The van der Waals surface area contributed by atoms with Gasteiger partial charge in [0, 0.05) is 5.69 Å². The molecule has 2 rings (SSSR count). The highest BCUT2D eigenvalue weighted by atomic mass is 16.6. The Kier molecular flexibility index (Phi) is 4.47. The smallest absolute Gasteiger partial charge is 0.249 e. The summed E-state index contributed by atoms with van der Waals surface area (Å²) in [5.74, 6) is -0.242. The molecule has 98 valence electrons. The highest BCUT2D eigenvalue weighted by molar-refractivity contribution is 5.77. The Labute approximate surface area is 111 Å². The van der Waals surface area contributed by atoms with Gasteiger partial charge in [0.15, 0.2) is 0 Å². The minimum absolute atomic E-state index is 0.162. The lowest BCUT2D eigenvalue weighted by Crippen LogP contribution is -2.25. The van der Waals surface area contributed by atoms with Crippen LogP contribution in [0.5, 0.6) is 0 Å². The molecule has 0 saturated carbocycles. The molecule has 2 aromatic rings. The van der Waals surface area contributed by atoms with Gasteiger partial charge in [-0.15, -0.1) is 0 Å². The summed E-state index contributed by atoms with van der Waals surface area (Å²) in [6, 6.07) is 13.0. The SMILES string of the molecule is Nc1ccc(CC(=O)NOCc2ccccc2)nc1. The highest BCUT2D eigenvalue weighted by Crippen LogP contribution is 2.02. The predicted octanol–water partition coefficient (Wildman–Crippen LogP) is 1.45. The number of aromatic nitrogens is 1. The Balaban J connectivity index is 1.74. The molecular formula is C14H15N3O2. The molecule has 0 aliphatic heterocycles. The molecule has 0 radical (unpaired) electrons. The van der Waals surface area contributed by atoms with Gasteiger partial charge < -0.3 is 5.73 Å². The number of hydrogen-bond donors (Lipinski definition) is 2. The summed E-state index contributed by atoms with van der Waals surface area (Å²) in [5, 5.41) is 0. The van der Waals surface area contributed by atoms with Crippen LogP contribution in [0.25, 0.3) is 0 Å². The second-order valence-corrected chi connectivity index (χ2v) is 4.06. The number of hydroxylamine groups is 1. The third kappa shape index (κ3) is 4.40. The number of rotatable bonds is 5. The first-order valence-electron chi connectivity index (χ1n) is 5.89. The zero-order valence-corrected chi connectivity index (χ0v) is 10.4. The van der Waals surface area contributed by atoms with Crippen LogP contribution in [-0.4, -0.2) is 10.9 Å². The molecule has 1 aromatic carbocycles. The maximum atomic E-state index is 11.6. The van der Waals surface area contributed by atoms with Gasteiger partial charge in [-0.05, 0) is 17.7 Å². The molecule has 0 spiro atoms. The number of hydrogen-bond acceptors (Lipinski definition) is 4. The topological polar surface area (TPSA) is 77.2 Å². The number of carbonyl (C=O) groups is 1. The molecule has 0 bridgehead atoms. The van der Waals surface area contributed by atoms with Gasteiger partial charge in [-0.3, -0.25) is 14.6 Å². The van der Waals surface area contributed by atoms with Crippen molar-refractivity contribution < 1.29 is 9.63 Å². The standard InChI is InChI=1S/C14H15N3O2/c15-12-6-7-13(16-9-12)8-14(18)17-19-10-11-4-2-1-3-5-11/h1-7,9H,8,10,15H2,(H,17,18). The Morgan fingerprint density at radius 2 is 2.00 bits per heavy atom. The number of nitrogens with one attached hydrogen (secondary N) is 1. The van der Waals surface area contributed by atoms with Crippen molar-refractivity contribution in [2.75, 3.05) is 5.73 Å². The van der Waals surface area contributed by atoms with Gasteiger partial charge in [0.25, 0.3) is 0 Å². The van der Waals surface area contributed by atoms with Crippen molar-refractivity contribution in [1.29, 1.82) is 0 Å². The van der Waals surface area contributed by atoms with Gasteiger partial charge in [0.05, 0.1) is 24.9 Å². The minimum Gasteiger partial charge on any atom is -0.397 e. The molecule has 19 heavy (non-hydrogen) atoms. The van der Waals surface area contributed by atoms with E-state index in [1.54, 1.807) is 12.1 Å². The fraction of sp³-hybridized carbons (Fsp3) is 0.143. The van der Waals surface area contributed by atoms with Gasteiger partial charge >= 0.3 is 0 Å². The molecule has 0 saturated heterocycles. The molecule has 5 heteroatoms. The Morgan fingerprint density at radius 1 is 1.21 bits per heavy atom. The fourth-order valence-electron chi connectivity index (χ4n) is 1.52. The maximum absolute atomic E-state index is 11.6. The molecule has 0 aliphatic carbocycles. The number of nitrogen functional groups attached to an aromatic ring is 1. The quantitative estimate of drug-likeness (QED) is 0.795. The summed E-state index contributed by atoms with van der Waals surface area (Å²) in [6.45, 7) is 0.335. The van der Waals surface area contributed by atoms with E-state index in [9.17, 15) is 4.79 Å². The van der Waals surface area contributed by atoms with Crippen LogP contribution in [0.1, 0.15) is 11.3 Å². The summed E-state index contributed by atoms with van der Waals surface area (Å²) in [7, 11) is 0. The van der Waals surface area contributed by atoms with E-state index in [0.29, 0.717) is 18.0 Å². The minimum atomic E-state index is -0.242. The van der Waals surface area contributed by atoms with Crippen molar-refractivity contribution in [3.8, 4) is 0 Å². The van der Waals surface area contributed by atoms with Crippen molar-refractivity contribution in [1.82, 2.24) is 10.5 Å². The van der Waals surface area contributed by atoms with E-state index in [1.165, 1.54) is 6.20 Å². The number of amides is 1. The highest BCUT2D eigenvalue weighted by Gasteiger charge is 2.04. The van der Waals surface area contributed by atoms with E-state index in [0.717, 1.165) is 5.56 Å². The summed E-state index contributed by atoms with van der Waals surface area (Å²) in [4.78, 5) is 20.7. The number of nitrogens with two attached hydrogens (primary N) is 1. The second-order valence-electron chi connectivity index (χ2n) is 4.06. The first-order chi connectivity index (χ1) is 9.24. The van der Waals surface area contributed by atoms with Gasteiger partial charge in [-0.25, -0.2) is 5.48 Å². The molecular weight excluding hydrogens is 242 g/mol. The van der Waals surface area contributed by atoms with Crippen LogP contribution in [-0.2, 0) is 22.7 Å². The zero-order chi connectivity index (χ0) is 13.5. The van der Waals surface area contributed by atoms with Crippen LogP contribution in [0.4, 0.5) is 5.69 Å². The first kappa shape index (κ1) is 13.0. The molecule has 0 atom stereocenters. The number of benzene rings is 1. The van der Waals surface area contributed by atoms with Crippen LogP contribution in [0, 0.1) is 0 Å². The van der Waals surface area contributed by atoms with Crippen molar-refractivity contribution in [3.63, 3.8) is 0 Å². The average Bonchev–Trinajstić information content (AvgIpc) is 2.43. The van der Waals surface area contributed by atoms with Crippen LogP contribution in [0.15, 0.2) is 48.7 Å². The van der Waals surface area contributed by atoms with Crippen LogP contribution in [0.3, 0.4) is 0 Å². The predicted molar refractivity (Wildman–Crippen MR) is 71.7 cm³/mol. The molecule has 0 unspecified atom stereocenters. The number of anilines is 1. The summed E-state index contributed by atoms with van der Waals surface area (Å²) < 4.78 is 0. The van der Waals surface area contributed by atoms with Crippen molar-refractivity contribution in [3.05, 3.63) is 59.9 Å². The largest absolute Gasteiger partial charge is 0.397 e. The number of pyridine rings is 1. The number of carbonyl (C=O) groups excluding carboxylic acids is 1. The average molecular weight is 257 g/mol. The summed E-state index contributed by atoms with van der Waals surface area (Å²) in [5.41, 5.74) is 10.1. The normalized spacial score (nSPS) is 10.1. The maximum Gasteiger partial charge on any atom is 0.249 e. The Bertz CT molecular complexity index is 526. The third-order valence-electron chi connectivity index (χ3n) is 2.46. The summed E-state index contributed by atoms with van der Waals surface area (Å²) in [6.07, 6.45) is 1.68. The molecule has 3 N–H and O–H groups in total. The summed E-state index contributed by atoms with van der Waals surface area (Å²) >= 11 is 0. The van der Waals surface area contributed by atoms with Gasteiger partial charge in [-0.2, -0.15) is 0 Å². The zero-order valence-electron chi connectivity index (χ0n) is 10.4. The first-order valence-corrected chi connectivity index (χ1v) is 5.89. The van der Waals surface area contributed by atoms with E-state index >= 15 is 0 Å². The molecule has 5 nitrogen and oxygen atoms in total. The molecule has 1 aromatic heterocycles. The lowest BCUT2D eigenvalue weighted by molar-refractivity contribution is -0.133. The third-order valence-corrected chi connectivity index (χ3v) is 2.46. The lowest BCUT2D eigenvalue weighted by Gasteiger charge is -2.05. The van der Waals surface area contributed by atoms with E-state index < -0.39 is 0 Å². The van der Waals surface area contributed by atoms with Crippen LogP contribution >= 0.6 is 0 Å². The second kappa shape index (κ2) is 6.51. The van der Waals surface area contributed by atoms with Crippen molar-refractivity contribution in [2.45, 2.75) is 13.0 Å². The van der Waals surface area contributed by atoms with Crippen molar-refractivity contribution >= 4 is 11.6 Å². The van der Waals surface area contributed by atoms with Gasteiger partial charge in [0.2, 0.25) is 5.91 Å². The lowest BCUT2D eigenvalue weighted by atomic mass is 10.2. The Hall–Kier alpha value is -2.40. The molecule has 0 aliphatic rings. The van der Waals surface area contributed by atoms with Crippen molar-refractivity contribution in [2.24, 2.45) is 0 Å². The van der Waals surface area contributed by atoms with E-state index in [2.05, 4.69) is 10.5 Å². The fourth-order valence-corrected chi connectivity index (χ4v) is 1.52. The van der Waals surface area contributed by atoms with E-state index in [4.69, 9.17) is 10.6 Å². The number of nitrogens with zero attached hydrogens (tertiary/aromatic N) is 1.